The summed E-state index contributed by atoms with van der Waals surface area (Å²) in [5.74, 6) is 1.23. The molecule has 0 rings (SSSR count). The van der Waals surface area contributed by atoms with Crippen molar-refractivity contribution < 1.29 is 9.90 Å². The average molecular weight is 261 g/mol. The molecular formula is C13H27NO2S. The van der Waals surface area contributed by atoms with Crippen molar-refractivity contribution in [2.75, 3.05) is 12.3 Å². The molecule has 1 amide bonds. The minimum absolute atomic E-state index is 0.0409. The van der Waals surface area contributed by atoms with Gasteiger partial charge in [0.1, 0.15) is 0 Å². The summed E-state index contributed by atoms with van der Waals surface area (Å²) in [5.41, 5.74) is 0. The summed E-state index contributed by atoms with van der Waals surface area (Å²) >= 11 is 1.88. The number of aliphatic hydroxyl groups is 1. The van der Waals surface area contributed by atoms with Gasteiger partial charge in [0.05, 0.1) is 6.10 Å². The maximum Gasteiger partial charge on any atom is 0.220 e. The van der Waals surface area contributed by atoms with Crippen LogP contribution in [-0.2, 0) is 4.79 Å². The molecule has 4 heteroatoms. The maximum atomic E-state index is 11.5. The fourth-order valence-electron chi connectivity index (χ4n) is 1.15. The van der Waals surface area contributed by atoms with Crippen molar-refractivity contribution in [2.24, 2.45) is 5.92 Å². The number of nitrogens with one attached hydrogen (secondary N) is 1. The number of hydrogen-bond donors (Lipinski definition) is 2. The van der Waals surface area contributed by atoms with Crippen LogP contribution in [0, 0.1) is 5.92 Å². The van der Waals surface area contributed by atoms with Crippen LogP contribution in [0.3, 0.4) is 0 Å². The fourth-order valence-corrected chi connectivity index (χ4v) is 2.05. The largest absolute Gasteiger partial charge is 0.391 e. The molecule has 0 aliphatic rings. The van der Waals surface area contributed by atoms with E-state index in [2.05, 4.69) is 26.1 Å². The van der Waals surface area contributed by atoms with Gasteiger partial charge >= 0.3 is 0 Å². The highest BCUT2D eigenvalue weighted by molar-refractivity contribution is 8.00. The number of carbonyl (C=O) groups is 1. The molecule has 0 aromatic carbocycles. The third kappa shape index (κ3) is 10.6. The Morgan fingerprint density at radius 1 is 1.35 bits per heavy atom. The summed E-state index contributed by atoms with van der Waals surface area (Å²) in [4.78, 5) is 11.5. The van der Waals surface area contributed by atoms with E-state index in [0.717, 1.165) is 12.2 Å². The Kier molecular flexibility index (Phi) is 7.88. The molecule has 0 aliphatic carbocycles. The molecular weight excluding hydrogens is 234 g/mol. The number of thioether (sulfide) groups is 1. The molecule has 0 fully saturated rings. The summed E-state index contributed by atoms with van der Waals surface area (Å²) in [6.07, 6.45) is 1.00. The van der Waals surface area contributed by atoms with E-state index in [1.807, 2.05) is 25.6 Å². The molecule has 0 aromatic rings. The maximum absolute atomic E-state index is 11.5. The summed E-state index contributed by atoms with van der Waals surface area (Å²) in [5, 5.41) is 12.3. The lowest BCUT2D eigenvalue weighted by molar-refractivity contribution is -0.121. The van der Waals surface area contributed by atoms with E-state index in [-0.39, 0.29) is 16.6 Å². The van der Waals surface area contributed by atoms with E-state index >= 15 is 0 Å². The van der Waals surface area contributed by atoms with Gasteiger partial charge < -0.3 is 10.4 Å². The van der Waals surface area contributed by atoms with Gasteiger partial charge in [-0.05, 0) is 18.1 Å². The quantitative estimate of drug-likeness (QED) is 0.692. The van der Waals surface area contributed by atoms with Crippen LogP contribution in [0.25, 0.3) is 0 Å². The van der Waals surface area contributed by atoms with Crippen molar-refractivity contribution in [2.45, 2.75) is 58.3 Å². The third-order valence-electron chi connectivity index (χ3n) is 2.36. The minimum Gasteiger partial charge on any atom is -0.391 e. The Morgan fingerprint density at radius 3 is 2.41 bits per heavy atom. The van der Waals surface area contributed by atoms with E-state index in [9.17, 15) is 9.90 Å². The Hall–Kier alpha value is -0.220. The van der Waals surface area contributed by atoms with E-state index < -0.39 is 6.10 Å². The highest BCUT2D eigenvalue weighted by Crippen LogP contribution is 2.23. The summed E-state index contributed by atoms with van der Waals surface area (Å²) in [6, 6.07) is 0. The van der Waals surface area contributed by atoms with Crippen LogP contribution in [0.4, 0.5) is 0 Å². The van der Waals surface area contributed by atoms with Crippen molar-refractivity contribution >= 4 is 17.7 Å². The van der Waals surface area contributed by atoms with Crippen molar-refractivity contribution in [1.82, 2.24) is 5.32 Å². The van der Waals surface area contributed by atoms with Gasteiger partial charge in [0.2, 0.25) is 5.91 Å². The molecule has 0 saturated carbocycles. The second kappa shape index (κ2) is 7.98. The number of hydrogen-bond acceptors (Lipinski definition) is 3. The first-order valence-corrected chi connectivity index (χ1v) is 7.29. The first-order valence-electron chi connectivity index (χ1n) is 6.31. The van der Waals surface area contributed by atoms with E-state index in [4.69, 9.17) is 0 Å². The van der Waals surface area contributed by atoms with Crippen LogP contribution in [0.2, 0.25) is 0 Å². The van der Waals surface area contributed by atoms with Gasteiger partial charge in [-0.1, -0.05) is 34.6 Å². The van der Waals surface area contributed by atoms with Gasteiger partial charge in [-0.25, -0.2) is 0 Å². The minimum atomic E-state index is -0.442. The van der Waals surface area contributed by atoms with Crippen LogP contribution >= 0.6 is 11.8 Å². The molecule has 1 unspecified atom stereocenters. The summed E-state index contributed by atoms with van der Waals surface area (Å²) in [7, 11) is 0. The SMILES string of the molecule is CC(C)C(O)CNC(=O)CCCSC(C)(C)C. The van der Waals surface area contributed by atoms with E-state index in [1.54, 1.807) is 0 Å². The molecule has 17 heavy (non-hydrogen) atoms. The van der Waals surface area contributed by atoms with Gasteiger partial charge in [-0.3, -0.25) is 4.79 Å². The average Bonchev–Trinajstić information content (AvgIpc) is 2.19. The third-order valence-corrected chi connectivity index (χ3v) is 3.72. The Labute approximate surface area is 110 Å². The highest BCUT2D eigenvalue weighted by Gasteiger charge is 2.12. The van der Waals surface area contributed by atoms with E-state index in [1.165, 1.54) is 0 Å². The Balaban J connectivity index is 3.54. The van der Waals surface area contributed by atoms with Crippen LogP contribution < -0.4 is 5.32 Å². The van der Waals surface area contributed by atoms with E-state index in [0.29, 0.717) is 13.0 Å². The van der Waals surface area contributed by atoms with Crippen molar-refractivity contribution in [1.29, 1.82) is 0 Å². The summed E-state index contributed by atoms with van der Waals surface area (Å²) < 4.78 is 0.268. The number of amides is 1. The topological polar surface area (TPSA) is 49.3 Å². The lowest BCUT2D eigenvalue weighted by atomic mass is 10.1. The normalized spacial score (nSPS) is 13.8. The zero-order valence-corrected chi connectivity index (χ0v) is 12.6. The number of carbonyl (C=O) groups excluding carboxylic acids is 1. The van der Waals surface area contributed by atoms with Crippen LogP contribution in [-0.4, -0.2) is 34.2 Å². The smallest absolute Gasteiger partial charge is 0.220 e. The molecule has 0 aromatic heterocycles. The molecule has 0 saturated heterocycles. The molecule has 0 spiro atoms. The van der Waals surface area contributed by atoms with Gasteiger partial charge in [-0.15, -0.1) is 0 Å². The fraction of sp³-hybridized carbons (Fsp3) is 0.923. The van der Waals surface area contributed by atoms with Crippen molar-refractivity contribution in [3.05, 3.63) is 0 Å². The molecule has 0 bridgehead atoms. The standard InChI is InChI=1S/C13H27NO2S/c1-10(2)11(15)9-14-12(16)7-6-8-17-13(3,4)5/h10-11,15H,6-9H2,1-5H3,(H,14,16). The number of aliphatic hydroxyl groups excluding tert-OH is 1. The van der Waals surface area contributed by atoms with Gasteiger partial charge in [0.25, 0.3) is 0 Å². The first kappa shape index (κ1) is 16.8. The Bertz CT molecular complexity index is 224. The lowest BCUT2D eigenvalue weighted by Crippen LogP contribution is -2.34. The highest BCUT2D eigenvalue weighted by atomic mass is 32.2. The molecule has 2 N–H and O–H groups in total. The van der Waals surface area contributed by atoms with Gasteiger partial charge in [0.15, 0.2) is 0 Å². The predicted octanol–water partition coefficient (Wildman–Crippen LogP) is 2.43. The molecule has 1 atom stereocenters. The van der Waals surface area contributed by atoms with Crippen molar-refractivity contribution in [3.63, 3.8) is 0 Å². The molecule has 0 radical (unpaired) electrons. The Morgan fingerprint density at radius 2 is 1.94 bits per heavy atom. The molecule has 0 aliphatic heterocycles. The zero-order valence-electron chi connectivity index (χ0n) is 11.7. The van der Waals surface area contributed by atoms with Gasteiger partial charge in [0, 0.05) is 17.7 Å². The summed E-state index contributed by atoms with van der Waals surface area (Å²) in [6.45, 7) is 10.8. The zero-order chi connectivity index (χ0) is 13.5. The predicted molar refractivity (Wildman–Crippen MR) is 75.3 cm³/mol. The second-order valence-corrected chi connectivity index (χ2v) is 7.60. The molecule has 102 valence electrons. The number of rotatable bonds is 7. The van der Waals surface area contributed by atoms with Crippen LogP contribution in [0.1, 0.15) is 47.5 Å². The molecule has 0 heterocycles. The van der Waals surface area contributed by atoms with Crippen LogP contribution in [0.15, 0.2) is 0 Å². The van der Waals surface area contributed by atoms with Crippen LogP contribution in [0.5, 0.6) is 0 Å². The lowest BCUT2D eigenvalue weighted by Gasteiger charge is -2.17. The van der Waals surface area contributed by atoms with Crippen molar-refractivity contribution in [3.8, 4) is 0 Å². The first-order chi connectivity index (χ1) is 7.72. The second-order valence-electron chi connectivity index (χ2n) is 5.68. The van der Waals surface area contributed by atoms with Gasteiger partial charge in [-0.2, -0.15) is 11.8 Å². The monoisotopic (exact) mass is 261 g/mol. The molecule has 3 nitrogen and oxygen atoms in total.